The fraction of sp³-hybridized carbons (Fsp3) is 0.455. The molecule has 0 unspecified atom stereocenters. The van der Waals surface area contributed by atoms with Crippen LogP contribution in [0.4, 0.5) is 11.5 Å². The molecule has 5 nitrogen and oxygen atoms in total. The Balaban J connectivity index is 1.29. The number of anilines is 2. The van der Waals surface area contributed by atoms with Crippen molar-refractivity contribution in [1.29, 1.82) is 0 Å². The Bertz CT molecular complexity index is 733. The molecular weight excluding hydrogens is 336 g/mol. The van der Waals surface area contributed by atoms with E-state index in [0.717, 1.165) is 50.6 Å². The summed E-state index contributed by atoms with van der Waals surface area (Å²) in [5.41, 5.74) is 2.39. The number of carbonyl (C=O) groups is 1. The quantitative estimate of drug-likeness (QED) is 0.836. The van der Waals surface area contributed by atoms with E-state index in [9.17, 15) is 4.79 Å². The predicted molar refractivity (Wildman–Crippen MR) is 109 cm³/mol. The maximum atomic E-state index is 12.7. The van der Waals surface area contributed by atoms with Crippen molar-refractivity contribution in [3.63, 3.8) is 0 Å². The molecule has 1 aromatic carbocycles. The molecule has 3 heterocycles. The molecule has 2 aliphatic heterocycles. The van der Waals surface area contributed by atoms with Crippen molar-refractivity contribution < 1.29 is 4.79 Å². The molecule has 27 heavy (non-hydrogen) atoms. The first-order chi connectivity index (χ1) is 13.3. The number of amides is 1. The maximum absolute atomic E-state index is 12.7. The number of hydrogen-bond acceptors (Lipinski definition) is 4. The van der Waals surface area contributed by atoms with Gasteiger partial charge in [0.05, 0.1) is 6.42 Å². The number of hydrogen-bond donors (Lipinski definition) is 0. The zero-order valence-electron chi connectivity index (χ0n) is 15.9. The smallest absolute Gasteiger partial charge is 0.227 e. The molecule has 0 saturated carbocycles. The van der Waals surface area contributed by atoms with Crippen molar-refractivity contribution in [3.05, 3.63) is 54.2 Å². The molecule has 0 spiro atoms. The van der Waals surface area contributed by atoms with Gasteiger partial charge in [-0.1, -0.05) is 18.2 Å². The van der Waals surface area contributed by atoms with E-state index < -0.39 is 0 Å². The maximum Gasteiger partial charge on any atom is 0.227 e. The number of carbonyl (C=O) groups excluding carboxylic acids is 1. The fourth-order valence-electron chi connectivity index (χ4n) is 3.99. The third kappa shape index (κ3) is 4.41. The molecular formula is C22H28N4O. The lowest BCUT2D eigenvalue weighted by atomic mass is 10.1. The largest absolute Gasteiger partial charge is 0.372 e. The van der Waals surface area contributed by atoms with Gasteiger partial charge in [-0.15, -0.1) is 0 Å². The highest BCUT2D eigenvalue weighted by Gasteiger charge is 2.22. The van der Waals surface area contributed by atoms with Gasteiger partial charge in [-0.25, -0.2) is 4.98 Å². The zero-order valence-corrected chi connectivity index (χ0v) is 15.9. The van der Waals surface area contributed by atoms with Crippen molar-refractivity contribution in [2.75, 3.05) is 49.1 Å². The molecule has 2 fully saturated rings. The Morgan fingerprint density at radius 3 is 2.22 bits per heavy atom. The van der Waals surface area contributed by atoms with Crippen molar-refractivity contribution in [2.45, 2.75) is 25.7 Å². The van der Waals surface area contributed by atoms with Gasteiger partial charge < -0.3 is 14.7 Å². The Kier molecular flexibility index (Phi) is 5.56. The molecule has 4 rings (SSSR count). The summed E-state index contributed by atoms with van der Waals surface area (Å²) in [4.78, 5) is 23.8. The number of nitrogens with zero attached hydrogens (tertiary/aromatic N) is 4. The number of benzene rings is 1. The van der Waals surface area contributed by atoms with Gasteiger partial charge >= 0.3 is 0 Å². The molecule has 142 valence electrons. The summed E-state index contributed by atoms with van der Waals surface area (Å²) in [5, 5.41) is 0. The highest BCUT2D eigenvalue weighted by molar-refractivity contribution is 5.79. The van der Waals surface area contributed by atoms with Crippen LogP contribution in [0.1, 0.15) is 24.8 Å². The normalized spacial score (nSPS) is 17.9. The lowest BCUT2D eigenvalue weighted by molar-refractivity contribution is -0.130. The molecule has 2 saturated heterocycles. The molecule has 0 radical (unpaired) electrons. The second-order valence-corrected chi connectivity index (χ2v) is 7.45. The van der Waals surface area contributed by atoms with E-state index in [2.05, 4.69) is 39.0 Å². The molecule has 0 N–H and O–H groups in total. The fourth-order valence-corrected chi connectivity index (χ4v) is 3.99. The summed E-state index contributed by atoms with van der Waals surface area (Å²) in [7, 11) is 0. The van der Waals surface area contributed by atoms with E-state index in [1.165, 1.54) is 24.9 Å². The number of pyridine rings is 1. The van der Waals surface area contributed by atoms with Gasteiger partial charge in [0.25, 0.3) is 0 Å². The molecule has 2 aromatic rings. The summed E-state index contributed by atoms with van der Waals surface area (Å²) in [6.45, 7) is 5.52. The van der Waals surface area contributed by atoms with Gasteiger partial charge in [-0.2, -0.15) is 0 Å². The topological polar surface area (TPSA) is 39.7 Å². The van der Waals surface area contributed by atoms with Crippen molar-refractivity contribution in [1.82, 2.24) is 9.88 Å². The van der Waals surface area contributed by atoms with Crippen LogP contribution in [-0.2, 0) is 11.2 Å². The summed E-state index contributed by atoms with van der Waals surface area (Å²) in [5.74, 6) is 1.22. The highest BCUT2D eigenvalue weighted by atomic mass is 16.2. The van der Waals surface area contributed by atoms with Gasteiger partial charge in [-0.05, 0) is 49.1 Å². The third-order valence-corrected chi connectivity index (χ3v) is 5.62. The van der Waals surface area contributed by atoms with Crippen LogP contribution in [0.2, 0.25) is 0 Å². The van der Waals surface area contributed by atoms with E-state index in [1.54, 1.807) is 0 Å². The number of rotatable bonds is 4. The van der Waals surface area contributed by atoms with Gasteiger partial charge in [0.15, 0.2) is 0 Å². The van der Waals surface area contributed by atoms with Gasteiger partial charge in [0, 0.05) is 51.2 Å². The number of piperazine rings is 1. The second-order valence-electron chi connectivity index (χ2n) is 7.45. The highest BCUT2D eigenvalue weighted by Crippen LogP contribution is 2.21. The minimum absolute atomic E-state index is 0.224. The zero-order chi connectivity index (χ0) is 18.5. The first-order valence-electron chi connectivity index (χ1n) is 10.1. The summed E-state index contributed by atoms with van der Waals surface area (Å²) in [6, 6.07) is 14.5. The number of piperidine rings is 1. The molecule has 1 amide bonds. The lowest BCUT2D eigenvalue weighted by Crippen LogP contribution is -2.49. The summed E-state index contributed by atoms with van der Waals surface area (Å²) >= 11 is 0. The molecule has 1 aromatic heterocycles. The van der Waals surface area contributed by atoms with Gasteiger partial charge in [-0.3, -0.25) is 4.79 Å². The minimum Gasteiger partial charge on any atom is -0.372 e. The Morgan fingerprint density at radius 2 is 1.56 bits per heavy atom. The number of aromatic nitrogens is 1. The van der Waals surface area contributed by atoms with E-state index in [4.69, 9.17) is 0 Å². The average molecular weight is 364 g/mol. The van der Waals surface area contributed by atoms with Crippen LogP contribution in [0.3, 0.4) is 0 Å². The molecule has 0 aliphatic carbocycles. The standard InChI is InChI=1S/C22H28N4O/c27-22(26-16-14-25(15-17-26)21-6-2-3-11-23-21)18-19-7-9-20(10-8-19)24-12-4-1-5-13-24/h2-3,6-11H,1,4-5,12-18H2. The van der Waals surface area contributed by atoms with Crippen molar-refractivity contribution >= 4 is 17.4 Å². The summed E-state index contributed by atoms with van der Waals surface area (Å²) < 4.78 is 0. The lowest BCUT2D eigenvalue weighted by Gasteiger charge is -2.35. The SMILES string of the molecule is O=C(Cc1ccc(N2CCCCC2)cc1)N1CCN(c2ccccn2)CC1. The Morgan fingerprint density at radius 1 is 0.815 bits per heavy atom. The van der Waals surface area contributed by atoms with Crippen LogP contribution in [-0.4, -0.2) is 55.1 Å². The molecule has 0 atom stereocenters. The Hall–Kier alpha value is -2.56. The monoisotopic (exact) mass is 364 g/mol. The van der Waals surface area contributed by atoms with E-state index in [0.29, 0.717) is 6.42 Å². The molecule has 2 aliphatic rings. The molecule has 5 heteroatoms. The Labute approximate surface area is 161 Å². The van der Waals surface area contributed by atoms with Crippen LogP contribution >= 0.6 is 0 Å². The van der Waals surface area contributed by atoms with Crippen LogP contribution in [0.25, 0.3) is 0 Å². The van der Waals surface area contributed by atoms with Crippen LogP contribution in [0.5, 0.6) is 0 Å². The summed E-state index contributed by atoms with van der Waals surface area (Å²) in [6.07, 6.45) is 6.22. The average Bonchev–Trinajstić information content (AvgIpc) is 2.76. The van der Waals surface area contributed by atoms with E-state index in [1.807, 2.05) is 29.3 Å². The van der Waals surface area contributed by atoms with Crippen molar-refractivity contribution in [2.24, 2.45) is 0 Å². The first kappa shape index (κ1) is 17.8. The minimum atomic E-state index is 0.224. The molecule has 0 bridgehead atoms. The van der Waals surface area contributed by atoms with Crippen LogP contribution < -0.4 is 9.80 Å². The van der Waals surface area contributed by atoms with Gasteiger partial charge in [0.2, 0.25) is 5.91 Å². The van der Waals surface area contributed by atoms with Crippen molar-refractivity contribution in [3.8, 4) is 0 Å². The second kappa shape index (κ2) is 8.42. The van der Waals surface area contributed by atoms with Crippen LogP contribution in [0, 0.1) is 0 Å². The van der Waals surface area contributed by atoms with E-state index >= 15 is 0 Å². The predicted octanol–water partition coefficient (Wildman–Crippen LogP) is 2.96. The third-order valence-electron chi connectivity index (χ3n) is 5.62. The van der Waals surface area contributed by atoms with Crippen LogP contribution in [0.15, 0.2) is 48.7 Å². The first-order valence-corrected chi connectivity index (χ1v) is 10.1. The van der Waals surface area contributed by atoms with Gasteiger partial charge in [0.1, 0.15) is 5.82 Å². The van der Waals surface area contributed by atoms with E-state index in [-0.39, 0.29) is 5.91 Å².